The van der Waals surface area contributed by atoms with Gasteiger partial charge >= 0.3 is 5.97 Å². The number of carbonyl (C=O) groups excluding carboxylic acids is 18. The fourth-order valence-corrected chi connectivity index (χ4v) is 16.9. The normalized spacial score (nSPS) is 19.2. The third-order valence-corrected chi connectivity index (χ3v) is 24.4. The van der Waals surface area contributed by atoms with Gasteiger partial charge in [-0.3, -0.25) is 86.3 Å². The van der Waals surface area contributed by atoms with Gasteiger partial charge in [-0.25, -0.2) is 9.78 Å². The van der Waals surface area contributed by atoms with Crippen LogP contribution in [0, 0.1) is 0 Å². The molecular formula is C101H114N22O23. The van der Waals surface area contributed by atoms with Gasteiger partial charge in [-0.2, -0.15) is 0 Å². The standard InChI is InChI=1S/C101H114N22O23/c1-54-100(144)123-36-16-27-81(123)98(142)120-79(47-84(129)107-51-85(130)111-77(45-82(102)127)95(139)116-75(43-62-49-106-69-26-15-13-24-67(62)69)94(138)118-76(44-63-50-104-53-109-63)88(132)108-52-86(131)122-87(55(2)124)99(143)110-54)97(141)117-74(42-61-48-105-68-25-14-12-23-66(61)68)93(137)114-70(37-56-17-6-3-7-18-56)89(133)112-71(38-57-19-8-4-9-20-57)91(135)119-78(46-83(103)128)96(140)115-72(39-59-28-32-64(125)33-29-59)90(134)113-73(40-60-30-34-65(126)35-31-60)92(136)121-80(101(145)146)41-58-21-10-5-11-22-58/h3-15,17-26,28-35,48-50,53-55,70-81,87,105-106,124-126H,16,27,36-47,51-52H2,1-2H3,(H2,102,127)(H2,103,128)(H,104,109)(H,107,129)(H,108,132)(H,110,143)(H,111,130)(H,112,133)(H,113,134)(H,114,137)(H,115,140)(H,116,139)(H,117,141)(H,118,138)(H,119,135)(H,120,142)(H,121,136)(H,122,131)(H,145,146)/t54-,55+,70-,71-,72-,73-,74-,75-,76+,77+,78-,79+,80+,81+,87+/m0/s1. The number of hydrogen-bond donors (Lipinski definition) is 24. The van der Waals surface area contributed by atoms with Crippen LogP contribution in [-0.4, -0.2) is 268 Å². The van der Waals surface area contributed by atoms with E-state index in [1.165, 1.54) is 74.2 Å². The van der Waals surface area contributed by atoms with E-state index >= 15 is 33.6 Å². The molecule has 2 fully saturated rings. The summed E-state index contributed by atoms with van der Waals surface area (Å²) in [7, 11) is 0. The molecule has 0 saturated carbocycles. The van der Waals surface area contributed by atoms with E-state index in [1.54, 1.807) is 146 Å². The maximum absolute atomic E-state index is 15.9. The summed E-state index contributed by atoms with van der Waals surface area (Å²) < 4.78 is 0. The molecule has 2 aliphatic rings. The predicted octanol–water partition coefficient (Wildman–Crippen LogP) is -2.81. The molecule has 45 nitrogen and oxygen atoms in total. The molecule has 0 unspecified atom stereocenters. The highest BCUT2D eigenvalue weighted by Crippen LogP contribution is 2.25. The van der Waals surface area contributed by atoms with E-state index < -0.39 is 248 Å². The summed E-state index contributed by atoms with van der Waals surface area (Å²) in [5, 5.41) is 80.6. The number of benzene rings is 7. The Balaban J connectivity index is 0.835. The second kappa shape index (κ2) is 51.1. The first kappa shape index (κ1) is 107. The van der Waals surface area contributed by atoms with Gasteiger partial charge in [0.15, 0.2) is 0 Å². The smallest absolute Gasteiger partial charge is 0.326 e. The molecule has 18 amide bonds. The van der Waals surface area contributed by atoms with Gasteiger partial charge in [-0.1, -0.05) is 152 Å². The highest BCUT2D eigenvalue weighted by atomic mass is 16.4. The first-order chi connectivity index (χ1) is 69.9. The number of nitrogens with zero attached hydrogens (tertiary/aromatic N) is 2. The first-order valence-corrected chi connectivity index (χ1v) is 46.9. The number of aliphatic hydroxyl groups excluding tert-OH is 1. The zero-order valence-corrected chi connectivity index (χ0v) is 79.3. The molecule has 0 spiro atoms. The first-order valence-electron chi connectivity index (χ1n) is 46.9. The molecule has 45 heteroatoms. The number of hydrogen-bond acceptors (Lipinski definition) is 23. The molecule has 12 rings (SSSR count). The summed E-state index contributed by atoms with van der Waals surface area (Å²) in [6, 6.07) is 24.6. The Morgan fingerprint density at radius 2 is 0.863 bits per heavy atom. The SMILES string of the molecule is C[C@@H]1NC(=O)[C@@H]([C@@H](C)O)NC(=O)CNC(=O)[C@@H](Cc2c[nH]cn2)NC(=O)[C@H](Cc2c[nH]c3ccccc23)NC(=O)[C@@H](CC(N)=O)NC(=O)CNC(=O)C[C@H](C(=O)N[C@@H](Cc2c[nH]c3ccccc23)C(=O)N[C@@H](Cc2ccccc2)C(=O)N[C@@H](Cc2ccccc2)C(=O)N[C@@H](CC(N)=O)C(=O)N[C@@H](Cc2ccc(O)cc2)C(=O)N[C@@H](Cc2ccc(O)cc2)C(=O)N[C@H](Cc2ccccc2)C(=O)O)NC(=O)[C@H]2CCCN2C1=O. The molecule has 5 heterocycles. The van der Waals surface area contributed by atoms with Gasteiger partial charge in [0.05, 0.1) is 50.5 Å². The van der Waals surface area contributed by atoms with Crippen LogP contribution < -0.4 is 91.2 Å². The number of nitrogens with two attached hydrogens (primary N) is 2. The number of fused-ring (bicyclic) bond motifs is 3. The van der Waals surface area contributed by atoms with E-state index in [1.807, 2.05) is 0 Å². The maximum atomic E-state index is 15.9. The lowest BCUT2D eigenvalue weighted by molar-refractivity contribution is -0.143. The van der Waals surface area contributed by atoms with Crippen molar-refractivity contribution in [3.05, 3.63) is 258 Å². The molecule has 2 aliphatic heterocycles. The number of amides is 18. The Morgan fingerprint density at radius 3 is 1.35 bits per heavy atom. The summed E-state index contributed by atoms with van der Waals surface area (Å²) >= 11 is 0. The monoisotopic (exact) mass is 2000 g/mol. The molecule has 0 aliphatic carbocycles. The summed E-state index contributed by atoms with van der Waals surface area (Å²) in [4.78, 5) is 290. The van der Waals surface area contributed by atoms with E-state index in [0.717, 1.165) is 11.8 Å². The molecule has 146 heavy (non-hydrogen) atoms. The second-order valence-electron chi connectivity index (χ2n) is 35.5. The number of carboxylic acid groups (broad SMARTS) is 1. The van der Waals surface area contributed by atoms with Crippen molar-refractivity contribution in [2.75, 3.05) is 19.6 Å². The minimum absolute atomic E-state index is 0.114. The lowest BCUT2D eigenvalue weighted by Crippen LogP contribution is -2.62. The number of rotatable bonds is 36. The summed E-state index contributed by atoms with van der Waals surface area (Å²) in [6.07, 6.45) is -1.75. The Kier molecular flexibility index (Phi) is 37.5. The molecule has 26 N–H and O–H groups in total. The van der Waals surface area contributed by atoms with Crippen molar-refractivity contribution in [2.24, 2.45) is 11.5 Å². The number of aliphatic hydroxyl groups is 1. The Labute approximate surface area is 834 Å². The van der Waals surface area contributed by atoms with Crippen LogP contribution in [0.3, 0.4) is 0 Å². The Hall–Kier alpha value is -17.7. The molecular weight excluding hydrogens is 1890 g/mol. The van der Waals surface area contributed by atoms with Crippen molar-refractivity contribution >= 4 is 134 Å². The van der Waals surface area contributed by atoms with Gasteiger partial charge < -0.3 is 131 Å². The van der Waals surface area contributed by atoms with Crippen molar-refractivity contribution in [3.63, 3.8) is 0 Å². The van der Waals surface area contributed by atoms with E-state index in [9.17, 15) is 78.0 Å². The number of imidazole rings is 1. The number of aromatic amines is 3. The maximum Gasteiger partial charge on any atom is 0.326 e. The summed E-state index contributed by atoms with van der Waals surface area (Å²) in [5.74, 6) is -21.9. The lowest BCUT2D eigenvalue weighted by Gasteiger charge is -2.30. The molecule has 766 valence electrons. The van der Waals surface area contributed by atoms with Crippen LogP contribution in [0.1, 0.15) is 90.6 Å². The average Bonchev–Trinajstić information content (AvgIpc) is 1.69. The van der Waals surface area contributed by atoms with Crippen LogP contribution in [-0.2, 0) is 142 Å². The zero-order chi connectivity index (χ0) is 105. The molecule has 2 saturated heterocycles. The van der Waals surface area contributed by atoms with Crippen LogP contribution in [0.5, 0.6) is 11.5 Å². The number of phenolic OH excluding ortho intramolecular Hbond substituents is 2. The summed E-state index contributed by atoms with van der Waals surface area (Å²) in [6.45, 7) is 0.273. The fourth-order valence-electron chi connectivity index (χ4n) is 16.9. The Morgan fingerprint density at radius 1 is 0.432 bits per heavy atom. The number of carbonyl (C=O) groups is 19. The van der Waals surface area contributed by atoms with Crippen LogP contribution in [0.2, 0.25) is 0 Å². The predicted molar refractivity (Wildman–Crippen MR) is 523 cm³/mol. The largest absolute Gasteiger partial charge is 0.508 e. The minimum atomic E-state index is -2.11. The van der Waals surface area contributed by atoms with E-state index in [2.05, 4.69) is 99.7 Å². The molecule has 7 aromatic carbocycles. The van der Waals surface area contributed by atoms with Crippen molar-refractivity contribution in [3.8, 4) is 11.5 Å². The molecule has 3 aromatic heterocycles. The van der Waals surface area contributed by atoms with Crippen molar-refractivity contribution in [1.82, 2.24) is 105 Å². The average molecular weight is 2000 g/mol. The number of phenols is 2. The van der Waals surface area contributed by atoms with Crippen LogP contribution in [0.25, 0.3) is 21.8 Å². The van der Waals surface area contributed by atoms with Gasteiger partial charge in [0, 0.05) is 98.3 Å². The topological polar surface area (TPSA) is 701 Å². The van der Waals surface area contributed by atoms with Crippen LogP contribution in [0.15, 0.2) is 213 Å². The summed E-state index contributed by atoms with van der Waals surface area (Å²) in [5.41, 5.74) is 15.6. The number of nitrogens with one attached hydrogen (secondary N) is 18. The van der Waals surface area contributed by atoms with Crippen LogP contribution >= 0.6 is 0 Å². The fraction of sp³-hybridized carbons (Fsp3) is 0.327. The van der Waals surface area contributed by atoms with E-state index in [-0.39, 0.29) is 75.1 Å². The quantitative estimate of drug-likeness (QED) is 0.0188. The van der Waals surface area contributed by atoms with Gasteiger partial charge in [0.2, 0.25) is 106 Å². The van der Waals surface area contributed by atoms with E-state index in [4.69, 9.17) is 11.5 Å². The molecule has 10 aromatic rings. The number of aliphatic carboxylic acids is 1. The number of para-hydroxylation sites is 2. The Bertz CT molecular complexity index is 6390. The van der Waals surface area contributed by atoms with Crippen LogP contribution in [0.4, 0.5) is 0 Å². The van der Waals surface area contributed by atoms with Gasteiger partial charge in [0.1, 0.15) is 96.1 Å². The number of aromatic hydroxyl groups is 2. The second-order valence-corrected chi connectivity index (χ2v) is 35.5. The molecule has 15 atom stereocenters. The number of primary amides is 2. The van der Waals surface area contributed by atoms with Gasteiger partial charge in [0.25, 0.3) is 0 Å². The van der Waals surface area contributed by atoms with Gasteiger partial charge in [-0.05, 0) is 102 Å². The van der Waals surface area contributed by atoms with Crippen molar-refractivity contribution < 1.29 is 112 Å². The van der Waals surface area contributed by atoms with E-state index in [0.29, 0.717) is 60.8 Å². The third kappa shape index (κ3) is 30.9. The highest BCUT2D eigenvalue weighted by molar-refractivity contribution is 6.04. The number of carboxylic acids is 1. The number of aromatic nitrogens is 4. The molecule has 0 radical (unpaired) electrons. The van der Waals surface area contributed by atoms with Crippen molar-refractivity contribution in [1.29, 1.82) is 0 Å². The van der Waals surface area contributed by atoms with Gasteiger partial charge in [-0.15, -0.1) is 0 Å². The highest BCUT2D eigenvalue weighted by Gasteiger charge is 2.43. The van der Waals surface area contributed by atoms with Crippen molar-refractivity contribution in [2.45, 2.75) is 188 Å². The minimum Gasteiger partial charge on any atom is -0.508 e. The number of H-pyrrole nitrogens is 3. The molecule has 0 bridgehead atoms. The third-order valence-electron chi connectivity index (χ3n) is 24.4. The lowest BCUT2D eigenvalue weighted by atomic mass is 10.00. The zero-order valence-electron chi connectivity index (χ0n) is 79.3.